The highest BCUT2D eigenvalue weighted by Crippen LogP contribution is 2.30. The molecule has 0 radical (unpaired) electrons. The van der Waals surface area contributed by atoms with E-state index < -0.39 is 0 Å². The Kier molecular flexibility index (Phi) is 5.03. The van der Waals surface area contributed by atoms with Gasteiger partial charge in [-0.1, -0.05) is 11.6 Å². The lowest BCUT2D eigenvalue weighted by Crippen LogP contribution is -2.36. The molecule has 2 unspecified atom stereocenters. The van der Waals surface area contributed by atoms with Crippen LogP contribution in [0, 0.1) is 5.92 Å². The lowest BCUT2D eigenvalue weighted by atomic mass is 9.99. The molecule has 0 bridgehead atoms. The minimum atomic E-state index is 0.349. The van der Waals surface area contributed by atoms with Crippen LogP contribution in [0.5, 0.6) is 0 Å². The first-order valence-electron chi connectivity index (χ1n) is 5.70. The van der Waals surface area contributed by atoms with Crippen molar-refractivity contribution < 1.29 is 0 Å². The van der Waals surface area contributed by atoms with Crippen LogP contribution in [0.2, 0.25) is 5.02 Å². The van der Waals surface area contributed by atoms with Gasteiger partial charge in [0.2, 0.25) is 0 Å². The van der Waals surface area contributed by atoms with Crippen LogP contribution in [0.3, 0.4) is 0 Å². The van der Waals surface area contributed by atoms with Crippen LogP contribution in [0.25, 0.3) is 0 Å². The number of thioether (sulfide) groups is 1. The highest BCUT2D eigenvalue weighted by Gasteiger charge is 2.24. The summed E-state index contributed by atoms with van der Waals surface area (Å²) in [6, 6.07) is 6.28. The van der Waals surface area contributed by atoms with Crippen molar-refractivity contribution in [2.45, 2.75) is 12.5 Å². The zero-order valence-corrected chi connectivity index (χ0v) is 12.6. The Morgan fingerprint density at radius 1 is 1.59 bits per heavy atom. The SMILES string of the molecule is NCC(Nc1ccc(Br)c(Cl)c1)C1CCSC1. The number of anilines is 1. The summed E-state index contributed by atoms with van der Waals surface area (Å²) < 4.78 is 0.922. The summed E-state index contributed by atoms with van der Waals surface area (Å²) in [5.74, 6) is 3.13. The molecule has 2 atom stereocenters. The van der Waals surface area contributed by atoms with Gasteiger partial charge in [-0.3, -0.25) is 0 Å². The molecular weight excluding hydrogens is 320 g/mol. The van der Waals surface area contributed by atoms with Crippen molar-refractivity contribution in [2.75, 3.05) is 23.4 Å². The summed E-state index contributed by atoms with van der Waals surface area (Å²) in [4.78, 5) is 0. The van der Waals surface area contributed by atoms with Crippen molar-refractivity contribution in [3.8, 4) is 0 Å². The minimum absolute atomic E-state index is 0.349. The molecule has 1 aliphatic rings. The average Bonchev–Trinajstić information content (AvgIpc) is 2.84. The van der Waals surface area contributed by atoms with Crippen molar-refractivity contribution in [3.05, 3.63) is 27.7 Å². The third-order valence-corrected chi connectivity index (χ3v) is 5.48. The lowest BCUT2D eigenvalue weighted by Gasteiger charge is -2.24. The van der Waals surface area contributed by atoms with E-state index in [4.69, 9.17) is 17.3 Å². The van der Waals surface area contributed by atoms with Gasteiger partial charge in [0.25, 0.3) is 0 Å². The van der Waals surface area contributed by atoms with E-state index in [0.29, 0.717) is 18.5 Å². The van der Waals surface area contributed by atoms with Crippen molar-refractivity contribution in [3.63, 3.8) is 0 Å². The second-order valence-electron chi connectivity index (χ2n) is 4.24. The molecule has 1 fully saturated rings. The topological polar surface area (TPSA) is 38.0 Å². The zero-order valence-electron chi connectivity index (χ0n) is 9.46. The first kappa shape index (κ1) is 13.5. The van der Waals surface area contributed by atoms with Crippen LogP contribution in [0.1, 0.15) is 6.42 Å². The van der Waals surface area contributed by atoms with Gasteiger partial charge < -0.3 is 11.1 Å². The number of benzene rings is 1. The van der Waals surface area contributed by atoms with Gasteiger partial charge in [0.1, 0.15) is 0 Å². The summed E-state index contributed by atoms with van der Waals surface area (Å²) in [7, 11) is 0. The molecule has 5 heteroatoms. The van der Waals surface area contributed by atoms with E-state index in [2.05, 4.69) is 21.2 Å². The Morgan fingerprint density at radius 2 is 2.41 bits per heavy atom. The molecule has 17 heavy (non-hydrogen) atoms. The molecule has 1 aromatic rings. The molecule has 0 amide bonds. The Hall–Kier alpha value is 0.1000. The molecule has 0 aliphatic carbocycles. The van der Waals surface area contributed by atoms with Gasteiger partial charge in [-0.2, -0.15) is 11.8 Å². The van der Waals surface area contributed by atoms with Gasteiger partial charge in [-0.05, 0) is 58.0 Å². The maximum Gasteiger partial charge on any atom is 0.0568 e. The molecule has 1 heterocycles. The molecule has 0 aromatic heterocycles. The Morgan fingerprint density at radius 3 is 3.00 bits per heavy atom. The van der Waals surface area contributed by atoms with E-state index in [9.17, 15) is 0 Å². The second kappa shape index (κ2) is 6.32. The maximum absolute atomic E-state index is 6.08. The number of nitrogens with two attached hydrogens (primary N) is 1. The first-order valence-corrected chi connectivity index (χ1v) is 8.02. The Bertz CT molecular complexity index is 383. The van der Waals surface area contributed by atoms with Gasteiger partial charge in [0.05, 0.1) is 5.02 Å². The predicted octanol–water partition coefficient (Wildman–Crippen LogP) is 3.59. The fraction of sp³-hybridized carbons (Fsp3) is 0.500. The van der Waals surface area contributed by atoms with Gasteiger partial charge in [-0.25, -0.2) is 0 Å². The third kappa shape index (κ3) is 3.53. The largest absolute Gasteiger partial charge is 0.381 e. The Labute approximate surface area is 120 Å². The molecule has 2 rings (SSSR count). The number of rotatable bonds is 4. The molecule has 2 nitrogen and oxygen atoms in total. The first-order chi connectivity index (χ1) is 8.20. The fourth-order valence-electron chi connectivity index (χ4n) is 2.04. The van der Waals surface area contributed by atoms with Crippen molar-refractivity contribution >= 4 is 45.0 Å². The molecule has 1 aliphatic heterocycles. The van der Waals surface area contributed by atoms with Crippen LogP contribution < -0.4 is 11.1 Å². The molecule has 0 spiro atoms. The monoisotopic (exact) mass is 334 g/mol. The second-order valence-corrected chi connectivity index (χ2v) is 6.65. The summed E-state index contributed by atoms with van der Waals surface area (Å²) in [6.45, 7) is 0.666. The molecule has 1 saturated heterocycles. The minimum Gasteiger partial charge on any atom is -0.381 e. The van der Waals surface area contributed by atoms with Gasteiger partial charge >= 0.3 is 0 Å². The number of halogens is 2. The summed E-state index contributed by atoms with van der Waals surface area (Å²) in [5.41, 5.74) is 6.90. The quantitative estimate of drug-likeness (QED) is 0.883. The lowest BCUT2D eigenvalue weighted by molar-refractivity contribution is 0.499. The number of hydrogen-bond acceptors (Lipinski definition) is 3. The highest BCUT2D eigenvalue weighted by atomic mass is 79.9. The fourth-order valence-corrected chi connectivity index (χ4v) is 3.80. The van der Waals surface area contributed by atoms with E-state index in [1.165, 1.54) is 17.9 Å². The molecule has 0 saturated carbocycles. The van der Waals surface area contributed by atoms with Crippen LogP contribution in [0.4, 0.5) is 5.69 Å². The van der Waals surface area contributed by atoms with Crippen LogP contribution in [-0.2, 0) is 0 Å². The van der Waals surface area contributed by atoms with Crippen LogP contribution in [0.15, 0.2) is 22.7 Å². The number of hydrogen-bond donors (Lipinski definition) is 2. The van der Waals surface area contributed by atoms with Gasteiger partial charge in [0.15, 0.2) is 0 Å². The Balaban J connectivity index is 2.04. The molecular formula is C12H16BrClN2S. The van der Waals surface area contributed by atoms with Crippen molar-refractivity contribution in [1.29, 1.82) is 0 Å². The van der Waals surface area contributed by atoms with Crippen LogP contribution in [-0.4, -0.2) is 24.1 Å². The van der Waals surface area contributed by atoms with Crippen molar-refractivity contribution in [1.82, 2.24) is 0 Å². The van der Waals surface area contributed by atoms with E-state index >= 15 is 0 Å². The predicted molar refractivity (Wildman–Crippen MR) is 81.0 cm³/mol. The van der Waals surface area contributed by atoms with E-state index in [1.54, 1.807) is 0 Å². The van der Waals surface area contributed by atoms with E-state index in [0.717, 1.165) is 15.2 Å². The molecule has 1 aromatic carbocycles. The van der Waals surface area contributed by atoms with Crippen LogP contribution >= 0.6 is 39.3 Å². The maximum atomic E-state index is 6.08. The van der Waals surface area contributed by atoms with Crippen molar-refractivity contribution in [2.24, 2.45) is 11.7 Å². The third-order valence-electron chi connectivity index (χ3n) is 3.06. The summed E-state index contributed by atoms with van der Waals surface area (Å²) in [6.07, 6.45) is 1.25. The summed E-state index contributed by atoms with van der Waals surface area (Å²) >= 11 is 11.5. The highest BCUT2D eigenvalue weighted by molar-refractivity contribution is 9.10. The van der Waals surface area contributed by atoms with Gasteiger partial charge in [-0.15, -0.1) is 0 Å². The smallest absolute Gasteiger partial charge is 0.0568 e. The number of nitrogens with one attached hydrogen (secondary N) is 1. The zero-order chi connectivity index (χ0) is 12.3. The normalized spacial score (nSPS) is 21.5. The standard InChI is InChI=1S/C12H16BrClN2S/c13-10-2-1-9(5-11(10)14)16-12(6-15)8-3-4-17-7-8/h1-2,5,8,12,16H,3-4,6-7,15H2. The van der Waals surface area contributed by atoms with E-state index in [1.807, 2.05) is 30.0 Å². The van der Waals surface area contributed by atoms with E-state index in [-0.39, 0.29) is 0 Å². The molecule has 3 N–H and O–H groups in total. The average molecular weight is 336 g/mol. The molecule has 94 valence electrons. The van der Waals surface area contributed by atoms with Gasteiger partial charge in [0, 0.05) is 22.7 Å². The summed E-state index contributed by atoms with van der Waals surface area (Å²) in [5, 5.41) is 4.22.